The summed E-state index contributed by atoms with van der Waals surface area (Å²) in [5.41, 5.74) is 0.000237. The van der Waals surface area contributed by atoms with Gasteiger partial charge in [0, 0.05) is 10.4 Å². The lowest BCUT2D eigenvalue weighted by atomic mass is 10.1. The number of carbonyl (C=O) groups is 2. The zero-order valence-corrected chi connectivity index (χ0v) is 11.8. The third kappa shape index (κ3) is 2.69. The summed E-state index contributed by atoms with van der Waals surface area (Å²) in [7, 11) is 0. The number of carbonyl (C=O) groups excluding carboxylic acids is 1. The van der Waals surface area contributed by atoms with Crippen LogP contribution in [0.3, 0.4) is 0 Å². The molecule has 1 aromatic carbocycles. The summed E-state index contributed by atoms with van der Waals surface area (Å²) in [6, 6.07) is 4.04. The van der Waals surface area contributed by atoms with Gasteiger partial charge in [-0.15, -0.1) is 0 Å². The summed E-state index contributed by atoms with van der Waals surface area (Å²) in [6.45, 7) is 1.81. The van der Waals surface area contributed by atoms with Crippen LogP contribution in [0.4, 0.5) is 0 Å². The molecule has 0 aliphatic heterocycles. The van der Waals surface area contributed by atoms with Crippen molar-refractivity contribution in [1.82, 2.24) is 4.98 Å². The Labute approximate surface area is 124 Å². The summed E-state index contributed by atoms with van der Waals surface area (Å²) in [5.74, 6) is -1.92. The van der Waals surface area contributed by atoms with E-state index in [-0.39, 0.29) is 28.4 Å². The highest BCUT2D eigenvalue weighted by atomic mass is 35.5. The second-order valence-electron chi connectivity index (χ2n) is 3.86. The van der Waals surface area contributed by atoms with E-state index in [9.17, 15) is 9.59 Å². The summed E-state index contributed by atoms with van der Waals surface area (Å²) < 4.78 is 4.90. The fourth-order valence-electron chi connectivity index (χ4n) is 1.77. The van der Waals surface area contributed by atoms with Gasteiger partial charge < -0.3 is 9.84 Å². The van der Waals surface area contributed by atoms with Crippen molar-refractivity contribution in [3.05, 3.63) is 39.5 Å². The molecule has 2 rings (SSSR count). The predicted molar refractivity (Wildman–Crippen MR) is 74.7 cm³/mol. The fourth-order valence-corrected chi connectivity index (χ4v) is 2.35. The number of rotatable bonds is 3. The molecule has 0 fully saturated rings. The molecule has 0 aliphatic carbocycles. The number of nitrogens with zero attached hydrogens (tertiary/aromatic N) is 1. The van der Waals surface area contributed by atoms with Gasteiger partial charge in [-0.1, -0.05) is 23.2 Å². The van der Waals surface area contributed by atoms with E-state index in [2.05, 4.69) is 4.98 Å². The summed E-state index contributed by atoms with van der Waals surface area (Å²) >= 11 is 11.9. The molecule has 104 valence electrons. The molecule has 0 atom stereocenters. The number of ether oxygens (including phenoxy) is 1. The Hall–Kier alpha value is -1.85. The second kappa shape index (κ2) is 5.64. The standard InChI is InChI=1S/C13H9Cl2NO4/c1-2-20-13(19)7-5-10(12(17)18)16-9-4-6(14)3-8(15)11(7)9/h3-5H,2H2,1H3,(H,17,18). The molecule has 20 heavy (non-hydrogen) atoms. The number of aromatic carboxylic acids is 1. The molecule has 0 bridgehead atoms. The minimum Gasteiger partial charge on any atom is -0.477 e. The van der Waals surface area contributed by atoms with Crippen LogP contribution in [-0.4, -0.2) is 28.6 Å². The van der Waals surface area contributed by atoms with E-state index < -0.39 is 11.9 Å². The number of hydrogen-bond donors (Lipinski definition) is 1. The Morgan fingerprint density at radius 1 is 1.30 bits per heavy atom. The van der Waals surface area contributed by atoms with Gasteiger partial charge in [0.05, 0.1) is 22.7 Å². The molecule has 0 amide bonds. The molecular formula is C13H9Cl2NO4. The van der Waals surface area contributed by atoms with Crippen LogP contribution in [0, 0.1) is 0 Å². The zero-order chi connectivity index (χ0) is 14.9. The van der Waals surface area contributed by atoms with Crippen molar-refractivity contribution in [2.45, 2.75) is 6.92 Å². The largest absolute Gasteiger partial charge is 0.477 e. The zero-order valence-electron chi connectivity index (χ0n) is 10.3. The third-order valence-corrected chi connectivity index (χ3v) is 3.06. The molecule has 5 nitrogen and oxygen atoms in total. The van der Waals surface area contributed by atoms with Gasteiger partial charge in [0.25, 0.3) is 0 Å². The van der Waals surface area contributed by atoms with Gasteiger partial charge in [-0.2, -0.15) is 0 Å². The monoisotopic (exact) mass is 313 g/mol. The molecule has 0 saturated heterocycles. The minimum absolute atomic E-state index is 0.0518. The van der Waals surface area contributed by atoms with E-state index in [4.69, 9.17) is 33.0 Å². The normalized spacial score (nSPS) is 10.6. The number of halogens is 2. The number of esters is 1. The third-order valence-electron chi connectivity index (χ3n) is 2.54. The maximum Gasteiger partial charge on any atom is 0.354 e. The molecular weight excluding hydrogens is 305 g/mol. The first-order chi connectivity index (χ1) is 9.43. The van der Waals surface area contributed by atoms with Gasteiger partial charge in [0.2, 0.25) is 0 Å². The molecule has 1 N–H and O–H groups in total. The number of benzene rings is 1. The van der Waals surface area contributed by atoms with Gasteiger partial charge in [0.1, 0.15) is 5.69 Å². The smallest absolute Gasteiger partial charge is 0.354 e. The van der Waals surface area contributed by atoms with Crippen molar-refractivity contribution < 1.29 is 19.4 Å². The van der Waals surface area contributed by atoms with Crippen LogP contribution in [-0.2, 0) is 4.74 Å². The van der Waals surface area contributed by atoms with E-state index in [1.807, 2.05) is 0 Å². The average Bonchev–Trinajstić information content (AvgIpc) is 2.36. The quantitative estimate of drug-likeness (QED) is 0.879. The van der Waals surface area contributed by atoms with Crippen LogP contribution in [0.2, 0.25) is 10.0 Å². The van der Waals surface area contributed by atoms with Crippen molar-refractivity contribution >= 4 is 46.0 Å². The molecule has 1 heterocycles. The molecule has 0 radical (unpaired) electrons. The summed E-state index contributed by atoms with van der Waals surface area (Å²) in [6.07, 6.45) is 0. The second-order valence-corrected chi connectivity index (χ2v) is 4.71. The topological polar surface area (TPSA) is 76.5 Å². The average molecular weight is 314 g/mol. The van der Waals surface area contributed by atoms with Gasteiger partial charge in [-0.25, -0.2) is 14.6 Å². The Morgan fingerprint density at radius 3 is 2.60 bits per heavy atom. The Kier molecular flexibility index (Phi) is 4.11. The first-order valence-corrected chi connectivity index (χ1v) is 6.39. The Morgan fingerprint density at radius 2 is 2.00 bits per heavy atom. The highest BCUT2D eigenvalue weighted by molar-refractivity contribution is 6.39. The van der Waals surface area contributed by atoms with Crippen molar-refractivity contribution in [3.8, 4) is 0 Å². The molecule has 0 unspecified atom stereocenters. The van der Waals surface area contributed by atoms with Crippen LogP contribution < -0.4 is 0 Å². The number of pyridine rings is 1. The maximum atomic E-state index is 11.9. The number of carboxylic acid groups (broad SMARTS) is 1. The van der Waals surface area contributed by atoms with E-state index in [0.717, 1.165) is 6.07 Å². The van der Waals surface area contributed by atoms with Gasteiger partial charge in [-0.05, 0) is 25.1 Å². The molecule has 0 spiro atoms. The molecule has 1 aromatic heterocycles. The van der Waals surface area contributed by atoms with Crippen LogP contribution in [0.15, 0.2) is 18.2 Å². The number of fused-ring (bicyclic) bond motifs is 1. The van der Waals surface area contributed by atoms with E-state index in [1.54, 1.807) is 6.92 Å². The van der Waals surface area contributed by atoms with Crippen LogP contribution in [0.1, 0.15) is 27.8 Å². The molecule has 7 heteroatoms. The fraction of sp³-hybridized carbons (Fsp3) is 0.154. The summed E-state index contributed by atoms with van der Waals surface area (Å²) in [4.78, 5) is 26.9. The first-order valence-electron chi connectivity index (χ1n) is 5.64. The molecule has 0 aliphatic rings. The Bertz CT molecular complexity index is 715. The van der Waals surface area contributed by atoms with E-state index in [0.29, 0.717) is 10.4 Å². The number of hydrogen-bond acceptors (Lipinski definition) is 4. The predicted octanol–water partition coefficient (Wildman–Crippen LogP) is 3.42. The summed E-state index contributed by atoms with van der Waals surface area (Å²) in [5, 5.41) is 9.86. The lowest BCUT2D eigenvalue weighted by Gasteiger charge is -2.09. The van der Waals surface area contributed by atoms with Crippen molar-refractivity contribution in [3.63, 3.8) is 0 Å². The van der Waals surface area contributed by atoms with Gasteiger partial charge in [0.15, 0.2) is 0 Å². The first kappa shape index (κ1) is 14.6. The molecule has 0 saturated carbocycles. The van der Waals surface area contributed by atoms with Crippen LogP contribution in [0.5, 0.6) is 0 Å². The lowest BCUT2D eigenvalue weighted by Crippen LogP contribution is -2.10. The Balaban J connectivity index is 2.81. The van der Waals surface area contributed by atoms with Crippen molar-refractivity contribution in [2.24, 2.45) is 0 Å². The SMILES string of the molecule is CCOC(=O)c1cc(C(=O)O)nc2cc(Cl)cc(Cl)c12. The number of aromatic nitrogens is 1. The van der Waals surface area contributed by atoms with Gasteiger partial charge >= 0.3 is 11.9 Å². The highest BCUT2D eigenvalue weighted by Gasteiger charge is 2.19. The van der Waals surface area contributed by atoms with Crippen LogP contribution >= 0.6 is 23.2 Å². The molecule has 2 aromatic rings. The van der Waals surface area contributed by atoms with Gasteiger partial charge in [-0.3, -0.25) is 0 Å². The highest BCUT2D eigenvalue weighted by Crippen LogP contribution is 2.30. The van der Waals surface area contributed by atoms with E-state index in [1.165, 1.54) is 12.1 Å². The van der Waals surface area contributed by atoms with Crippen molar-refractivity contribution in [2.75, 3.05) is 6.61 Å². The van der Waals surface area contributed by atoms with Crippen LogP contribution in [0.25, 0.3) is 10.9 Å². The van der Waals surface area contributed by atoms with E-state index >= 15 is 0 Å². The van der Waals surface area contributed by atoms with Crippen molar-refractivity contribution in [1.29, 1.82) is 0 Å². The minimum atomic E-state index is -1.26. The maximum absolute atomic E-state index is 11.9. The lowest BCUT2D eigenvalue weighted by molar-refractivity contribution is 0.0528. The number of carboxylic acids is 1.